The molecule has 6 heteroatoms. The summed E-state index contributed by atoms with van der Waals surface area (Å²) in [6, 6.07) is 1.48. The Morgan fingerprint density at radius 2 is 2.31 bits per heavy atom. The van der Waals surface area contributed by atoms with Crippen molar-refractivity contribution in [2.45, 2.75) is 6.42 Å². The number of carbonyl (C=O) groups excluding carboxylic acids is 1. The Labute approximate surface area is 96.6 Å². The maximum atomic E-state index is 11.9. The molecule has 5 nitrogen and oxygen atoms in total. The fourth-order valence-corrected chi connectivity index (χ4v) is 1.96. The predicted octanol–water partition coefficient (Wildman–Crippen LogP) is 1.48. The molecule has 86 valence electrons. The molecule has 1 saturated heterocycles. The van der Waals surface area contributed by atoms with Gasteiger partial charge in [0.15, 0.2) is 0 Å². The monoisotopic (exact) mass is 243 g/mol. The van der Waals surface area contributed by atoms with Crippen molar-refractivity contribution in [2.75, 3.05) is 13.1 Å². The molecule has 2 heterocycles. The summed E-state index contributed by atoms with van der Waals surface area (Å²) >= 11 is 5.68. The van der Waals surface area contributed by atoms with Gasteiger partial charge in [-0.3, -0.25) is 9.59 Å². The number of carboxylic acids is 1. The van der Waals surface area contributed by atoms with Crippen LogP contribution in [0.5, 0.6) is 0 Å². The van der Waals surface area contributed by atoms with Gasteiger partial charge in [-0.05, 0) is 24.1 Å². The maximum absolute atomic E-state index is 11.9. The summed E-state index contributed by atoms with van der Waals surface area (Å²) in [5.41, 5.74) is 0.285. The van der Waals surface area contributed by atoms with Gasteiger partial charge in [0.2, 0.25) is 5.22 Å². The van der Waals surface area contributed by atoms with Crippen LogP contribution in [0.25, 0.3) is 0 Å². The van der Waals surface area contributed by atoms with Crippen LogP contribution >= 0.6 is 11.6 Å². The smallest absolute Gasteiger partial charge is 0.308 e. The Kier molecular flexibility index (Phi) is 2.87. The van der Waals surface area contributed by atoms with E-state index in [9.17, 15) is 9.59 Å². The average molecular weight is 244 g/mol. The van der Waals surface area contributed by atoms with Crippen molar-refractivity contribution in [1.29, 1.82) is 0 Å². The molecular formula is C10H10ClNO4. The number of furan rings is 1. The van der Waals surface area contributed by atoms with Gasteiger partial charge in [-0.1, -0.05) is 0 Å². The van der Waals surface area contributed by atoms with Crippen molar-refractivity contribution in [3.05, 3.63) is 23.1 Å². The first-order chi connectivity index (χ1) is 7.59. The Hall–Kier alpha value is -1.49. The standard InChI is InChI=1S/C10H10ClNO4/c11-8-7(2-4-16-8)9(13)12-3-1-6(5-12)10(14)15/h2,4,6H,1,3,5H2,(H,14,15). The molecule has 1 N–H and O–H groups in total. The second-order valence-corrected chi connectivity index (χ2v) is 4.03. The maximum Gasteiger partial charge on any atom is 0.308 e. The number of carbonyl (C=O) groups is 2. The van der Waals surface area contributed by atoms with Gasteiger partial charge in [0.25, 0.3) is 5.91 Å². The van der Waals surface area contributed by atoms with Crippen molar-refractivity contribution >= 4 is 23.5 Å². The largest absolute Gasteiger partial charge is 0.481 e. The lowest BCUT2D eigenvalue weighted by atomic mass is 10.1. The number of amides is 1. The summed E-state index contributed by atoms with van der Waals surface area (Å²) in [7, 11) is 0. The third-order valence-corrected chi connectivity index (χ3v) is 2.97. The zero-order chi connectivity index (χ0) is 11.7. The first-order valence-electron chi connectivity index (χ1n) is 4.84. The minimum absolute atomic E-state index is 0.0452. The van der Waals surface area contributed by atoms with Crippen LogP contribution in [0.15, 0.2) is 16.7 Å². The van der Waals surface area contributed by atoms with Gasteiger partial charge in [-0.2, -0.15) is 0 Å². The predicted molar refractivity (Wildman–Crippen MR) is 55.4 cm³/mol. The van der Waals surface area contributed by atoms with Crippen LogP contribution in [-0.2, 0) is 4.79 Å². The topological polar surface area (TPSA) is 70.8 Å². The normalized spacial score (nSPS) is 20.1. The van der Waals surface area contributed by atoms with E-state index in [1.54, 1.807) is 0 Å². The molecule has 16 heavy (non-hydrogen) atoms. The van der Waals surface area contributed by atoms with Crippen LogP contribution in [0.1, 0.15) is 16.8 Å². The fourth-order valence-electron chi connectivity index (χ4n) is 1.76. The number of aliphatic carboxylic acids is 1. The summed E-state index contributed by atoms with van der Waals surface area (Å²) in [4.78, 5) is 24.1. The second-order valence-electron chi connectivity index (χ2n) is 3.68. The average Bonchev–Trinajstić information content (AvgIpc) is 2.84. The number of rotatable bonds is 2. The number of hydrogen-bond acceptors (Lipinski definition) is 3. The lowest BCUT2D eigenvalue weighted by molar-refractivity contribution is -0.141. The Morgan fingerprint density at radius 1 is 1.56 bits per heavy atom. The summed E-state index contributed by atoms with van der Waals surface area (Å²) in [6.07, 6.45) is 1.82. The van der Waals surface area contributed by atoms with E-state index in [0.717, 1.165) is 0 Å². The first-order valence-corrected chi connectivity index (χ1v) is 5.22. The van der Waals surface area contributed by atoms with Crippen molar-refractivity contribution in [1.82, 2.24) is 4.90 Å². The van der Waals surface area contributed by atoms with Crippen LogP contribution < -0.4 is 0 Å². The van der Waals surface area contributed by atoms with Crippen molar-refractivity contribution < 1.29 is 19.1 Å². The number of halogens is 1. The minimum atomic E-state index is -0.867. The van der Waals surface area contributed by atoms with Crippen molar-refractivity contribution in [3.8, 4) is 0 Å². The molecule has 0 saturated carbocycles. The zero-order valence-corrected chi connectivity index (χ0v) is 9.11. The fraction of sp³-hybridized carbons (Fsp3) is 0.400. The third kappa shape index (κ3) is 1.90. The molecule has 0 aromatic carbocycles. The molecule has 0 spiro atoms. The zero-order valence-electron chi connectivity index (χ0n) is 8.35. The van der Waals surface area contributed by atoms with Crippen LogP contribution in [0.2, 0.25) is 5.22 Å². The van der Waals surface area contributed by atoms with Crippen molar-refractivity contribution in [2.24, 2.45) is 5.92 Å². The molecule has 1 aromatic heterocycles. The Morgan fingerprint density at radius 3 is 2.81 bits per heavy atom. The first kappa shape index (κ1) is 11.0. The molecule has 1 aliphatic heterocycles. The van der Waals surface area contributed by atoms with E-state index >= 15 is 0 Å². The van der Waals surface area contributed by atoms with E-state index < -0.39 is 11.9 Å². The van der Waals surface area contributed by atoms with Gasteiger partial charge in [0.1, 0.15) is 0 Å². The van der Waals surface area contributed by atoms with Gasteiger partial charge in [-0.15, -0.1) is 0 Å². The summed E-state index contributed by atoms with van der Waals surface area (Å²) in [6.45, 7) is 0.674. The summed E-state index contributed by atoms with van der Waals surface area (Å²) < 4.78 is 4.82. The lowest BCUT2D eigenvalue weighted by Gasteiger charge is -2.14. The van der Waals surface area contributed by atoms with Gasteiger partial charge < -0.3 is 14.4 Å². The number of likely N-dealkylation sites (tertiary alicyclic amines) is 1. The molecule has 2 rings (SSSR count). The molecule has 1 amide bonds. The summed E-state index contributed by atoms with van der Waals surface area (Å²) in [5.74, 6) is -1.62. The minimum Gasteiger partial charge on any atom is -0.481 e. The SMILES string of the molecule is O=C(O)C1CCN(C(=O)c2ccoc2Cl)C1. The number of nitrogens with zero attached hydrogens (tertiary/aromatic N) is 1. The molecule has 1 aliphatic rings. The Bertz CT molecular complexity index is 428. The van der Waals surface area contributed by atoms with E-state index in [2.05, 4.69) is 0 Å². The van der Waals surface area contributed by atoms with Gasteiger partial charge in [-0.25, -0.2) is 0 Å². The van der Waals surface area contributed by atoms with Gasteiger partial charge in [0, 0.05) is 13.1 Å². The van der Waals surface area contributed by atoms with E-state index in [1.807, 2.05) is 0 Å². The van der Waals surface area contributed by atoms with Crippen molar-refractivity contribution in [3.63, 3.8) is 0 Å². The molecular weight excluding hydrogens is 234 g/mol. The highest BCUT2D eigenvalue weighted by molar-refractivity contribution is 6.32. The van der Waals surface area contributed by atoms with Crippen LogP contribution in [0.4, 0.5) is 0 Å². The molecule has 1 fully saturated rings. The Balaban J connectivity index is 2.08. The third-order valence-electron chi connectivity index (χ3n) is 2.67. The van der Waals surface area contributed by atoms with Gasteiger partial charge >= 0.3 is 5.97 Å². The number of hydrogen-bond donors (Lipinski definition) is 1. The number of carboxylic acid groups (broad SMARTS) is 1. The molecule has 0 radical (unpaired) electrons. The second kappa shape index (κ2) is 4.17. The van der Waals surface area contributed by atoms with E-state index in [-0.39, 0.29) is 23.2 Å². The van der Waals surface area contributed by atoms with E-state index in [1.165, 1.54) is 17.2 Å². The van der Waals surface area contributed by atoms with E-state index in [0.29, 0.717) is 13.0 Å². The lowest BCUT2D eigenvalue weighted by Crippen LogP contribution is -2.29. The summed E-state index contributed by atoms with van der Waals surface area (Å²) in [5, 5.41) is 8.86. The van der Waals surface area contributed by atoms with Crippen LogP contribution in [0.3, 0.4) is 0 Å². The van der Waals surface area contributed by atoms with Crippen LogP contribution in [-0.4, -0.2) is 35.0 Å². The van der Waals surface area contributed by atoms with Gasteiger partial charge in [0.05, 0.1) is 17.7 Å². The van der Waals surface area contributed by atoms with E-state index in [4.69, 9.17) is 21.1 Å². The molecule has 0 aliphatic carbocycles. The highest BCUT2D eigenvalue weighted by Crippen LogP contribution is 2.23. The quantitative estimate of drug-likeness (QED) is 0.854. The highest BCUT2D eigenvalue weighted by Gasteiger charge is 2.32. The molecule has 1 atom stereocenters. The molecule has 1 aromatic rings. The van der Waals surface area contributed by atoms with Crippen LogP contribution in [0, 0.1) is 5.92 Å². The highest BCUT2D eigenvalue weighted by atomic mass is 35.5. The molecule has 1 unspecified atom stereocenters. The molecule has 0 bridgehead atoms.